The Morgan fingerprint density at radius 3 is 2.41 bits per heavy atom. The average Bonchev–Trinajstić information content (AvgIpc) is 2.30. The van der Waals surface area contributed by atoms with Crippen LogP contribution in [0.5, 0.6) is 5.75 Å². The van der Waals surface area contributed by atoms with E-state index in [0.717, 1.165) is 16.7 Å². The van der Waals surface area contributed by atoms with Crippen molar-refractivity contribution in [2.24, 2.45) is 0 Å². The highest BCUT2D eigenvalue weighted by molar-refractivity contribution is 5.69. The van der Waals surface area contributed by atoms with Crippen LogP contribution in [0, 0.1) is 13.8 Å². The Morgan fingerprint density at radius 1 is 1.29 bits per heavy atom. The summed E-state index contributed by atoms with van der Waals surface area (Å²) in [6.07, 6.45) is 0.845. The van der Waals surface area contributed by atoms with Gasteiger partial charge < -0.3 is 5.11 Å². The predicted molar refractivity (Wildman–Crippen MR) is 63.6 cm³/mol. The molecule has 4 nitrogen and oxygen atoms in total. The molecule has 0 aliphatic heterocycles. The highest BCUT2D eigenvalue weighted by Gasteiger charge is 2.07. The second-order valence-electron chi connectivity index (χ2n) is 3.94. The van der Waals surface area contributed by atoms with Crippen molar-refractivity contribution in [3.8, 4) is 5.75 Å². The second-order valence-corrected chi connectivity index (χ2v) is 3.94. The van der Waals surface area contributed by atoms with E-state index in [1.165, 1.54) is 0 Å². The summed E-state index contributed by atoms with van der Waals surface area (Å²) in [5.74, 6) is -0.0686. The maximum atomic E-state index is 11.2. The lowest BCUT2D eigenvalue weighted by molar-refractivity contribution is -0.269. The third kappa shape index (κ3) is 4.07. The van der Waals surface area contributed by atoms with Gasteiger partial charge in [0.2, 0.25) is 0 Å². The van der Waals surface area contributed by atoms with Crippen molar-refractivity contribution in [3.63, 3.8) is 0 Å². The highest BCUT2D eigenvalue weighted by atomic mass is 17.2. The molecule has 0 aromatic heterocycles. The molecule has 0 heterocycles. The number of phenolic OH excluding ortho intramolecular Hbond substituents is 1. The molecule has 0 bridgehead atoms. The van der Waals surface area contributed by atoms with E-state index in [2.05, 4.69) is 9.78 Å². The standard InChI is InChI=1S/C13H18O4/c1-4-16-17-12(14)6-5-11-7-9(2)13(15)10(3)8-11/h7-8,15H,4-6H2,1-3H3. The summed E-state index contributed by atoms with van der Waals surface area (Å²) in [7, 11) is 0. The Morgan fingerprint density at radius 2 is 1.88 bits per heavy atom. The molecule has 17 heavy (non-hydrogen) atoms. The largest absolute Gasteiger partial charge is 0.507 e. The van der Waals surface area contributed by atoms with E-state index < -0.39 is 0 Å². The molecule has 1 rings (SSSR count). The van der Waals surface area contributed by atoms with E-state index in [-0.39, 0.29) is 12.4 Å². The third-order valence-electron chi connectivity index (χ3n) is 2.44. The van der Waals surface area contributed by atoms with Gasteiger partial charge in [-0.3, -0.25) is 4.89 Å². The van der Waals surface area contributed by atoms with Crippen molar-refractivity contribution in [2.75, 3.05) is 6.61 Å². The van der Waals surface area contributed by atoms with Gasteiger partial charge in [-0.25, -0.2) is 4.79 Å². The molecule has 0 atom stereocenters. The zero-order valence-corrected chi connectivity index (χ0v) is 10.4. The minimum Gasteiger partial charge on any atom is -0.507 e. The molecule has 1 aromatic rings. The van der Waals surface area contributed by atoms with Crippen LogP contribution in [0.1, 0.15) is 30.0 Å². The van der Waals surface area contributed by atoms with Crippen LogP contribution in [0.4, 0.5) is 0 Å². The van der Waals surface area contributed by atoms with Gasteiger partial charge in [-0.1, -0.05) is 12.1 Å². The second kappa shape index (κ2) is 6.25. The van der Waals surface area contributed by atoms with Crippen LogP contribution >= 0.6 is 0 Å². The van der Waals surface area contributed by atoms with Gasteiger partial charge in [-0.15, -0.1) is 0 Å². The lowest BCUT2D eigenvalue weighted by Gasteiger charge is -2.07. The molecule has 1 aromatic carbocycles. The molecule has 0 radical (unpaired) electrons. The maximum absolute atomic E-state index is 11.2. The van der Waals surface area contributed by atoms with Crippen molar-refractivity contribution >= 4 is 5.97 Å². The van der Waals surface area contributed by atoms with Gasteiger partial charge >= 0.3 is 5.97 Å². The molecule has 4 heteroatoms. The number of aryl methyl sites for hydroxylation is 3. The summed E-state index contributed by atoms with van der Waals surface area (Å²) in [5.41, 5.74) is 2.64. The lowest BCUT2D eigenvalue weighted by atomic mass is 10.0. The van der Waals surface area contributed by atoms with E-state index >= 15 is 0 Å². The normalized spacial score (nSPS) is 10.3. The fourth-order valence-electron chi connectivity index (χ4n) is 1.60. The molecular formula is C13H18O4. The fraction of sp³-hybridized carbons (Fsp3) is 0.462. The Kier molecular flexibility index (Phi) is 4.97. The Labute approximate surface area is 101 Å². The molecule has 0 aliphatic carbocycles. The van der Waals surface area contributed by atoms with E-state index in [0.29, 0.717) is 18.8 Å². The molecule has 0 amide bonds. The Bertz CT molecular complexity index is 375. The predicted octanol–water partition coefficient (Wildman–Crippen LogP) is 2.44. The van der Waals surface area contributed by atoms with Crippen molar-refractivity contribution in [1.82, 2.24) is 0 Å². The Balaban J connectivity index is 2.55. The SMILES string of the molecule is CCOOC(=O)CCc1cc(C)c(O)c(C)c1. The van der Waals surface area contributed by atoms with Crippen LogP contribution in [0.15, 0.2) is 12.1 Å². The monoisotopic (exact) mass is 238 g/mol. The highest BCUT2D eigenvalue weighted by Crippen LogP contribution is 2.23. The lowest BCUT2D eigenvalue weighted by Crippen LogP contribution is -2.06. The zero-order valence-electron chi connectivity index (χ0n) is 10.4. The Hall–Kier alpha value is -1.55. The molecule has 0 saturated heterocycles. The van der Waals surface area contributed by atoms with Gasteiger partial charge in [0.05, 0.1) is 13.0 Å². The molecule has 0 saturated carbocycles. The number of aromatic hydroxyl groups is 1. The maximum Gasteiger partial charge on any atom is 0.342 e. The number of hydrogen-bond acceptors (Lipinski definition) is 4. The minimum atomic E-state index is -0.379. The summed E-state index contributed by atoms with van der Waals surface area (Å²) in [6, 6.07) is 3.74. The van der Waals surface area contributed by atoms with Gasteiger partial charge in [0.25, 0.3) is 0 Å². The molecule has 0 spiro atoms. The summed E-state index contributed by atoms with van der Waals surface area (Å²) < 4.78 is 0. The summed E-state index contributed by atoms with van der Waals surface area (Å²) in [4.78, 5) is 20.3. The summed E-state index contributed by atoms with van der Waals surface area (Å²) in [5, 5.41) is 9.61. The van der Waals surface area contributed by atoms with Gasteiger partial charge in [0.15, 0.2) is 0 Å². The van der Waals surface area contributed by atoms with Crippen LogP contribution < -0.4 is 0 Å². The van der Waals surface area contributed by atoms with E-state index in [4.69, 9.17) is 0 Å². The molecule has 1 N–H and O–H groups in total. The molecule has 0 fully saturated rings. The number of rotatable bonds is 5. The van der Waals surface area contributed by atoms with E-state index in [1.807, 2.05) is 26.0 Å². The van der Waals surface area contributed by atoms with Crippen LogP contribution in [-0.4, -0.2) is 17.7 Å². The number of carbonyl (C=O) groups excluding carboxylic acids is 1. The van der Waals surface area contributed by atoms with Gasteiger partial charge in [-0.2, -0.15) is 4.89 Å². The first kappa shape index (κ1) is 13.5. The van der Waals surface area contributed by atoms with E-state index in [1.54, 1.807) is 6.92 Å². The summed E-state index contributed by atoms with van der Waals surface area (Å²) in [6.45, 7) is 5.78. The molecule has 0 aliphatic rings. The van der Waals surface area contributed by atoms with Crippen molar-refractivity contribution in [3.05, 3.63) is 28.8 Å². The topological polar surface area (TPSA) is 55.8 Å². The van der Waals surface area contributed by atoms with Crippen molar-refractivity contribution in [2.45, 2.75) is 33.6 Å². The molecule has 0 unspecified atom stereocenters. The van der Waals surface area contributed by atoms with Gasteiger partial charge in [0.1, 0.15) is 5.75 Å². The number of phenols is 1. The van der Waals surface area contributed by atoms with E-state index in [9.17, 15) is 9.90 Å². The average molecular weight is 238 g/mol. The molecule has 94 valence electrons. The van der Waals surface area contributed by atoms with Crippen LogP contribution in [0.2, 0.25) is 0 Å². The van der Waals surface area contributed by atoms with Gasteiger partial charge in [0, 0.05) is 0 Å². The quantitative estimate of drug-likeness (QED) is 0.632. The smallest absolute Gasteiger partial charge is 0.342 e. The zero-order chi connectivity index (χ0) is 12.8. The fourth-order valence-corrected chi connectivity index (χ4v) is 1.60. The van der Waals surface area contributed by atoms with Crippen molar-refractivity contribution < 1.29 is 19.7 Å². The summed E-state index contributed by atoms with van der Waals surface area (Å²) >= 11 is 0. The van der Waals surface area contributed by atoms with Crippen LogP contribution in [0.25, 0.3) is 0 Å². The third-order valence-corrected chi connectivity index (χ3v) is 2.44. The van der Waals surface area contributed by atoms with Crippen molar-refractivity contribution in [1.29, 1.82) is 0 Å². The minimum absolute atomic E-state index is 0.268. The number of carbonyl (C=O) groups is 1. The first-order chi connectivity index (χ1) is 8.04. The van der Waals surface area contributed by atoms with Crippen LogP contribution in [-0.2, 0) is 21.0 Å². The number of hydrogen-bond donors (Lipinski definition) is 1. The van der Waals surface area contributed by atoms with Gasteiger partial charge in [-0.05, 0) is 43.9 Å². The first-order valence-corrected chi connectivity index (χ1v) is 5.66. The molecular weight excluding hydrogens is 220 g/mol. The van der Waals surface area contributed by atoms with Crippen LogP contribution in [0.3, 0.4) is 0 Å². The first-order valence-electron chi connectivity index (χ1n) is 5.66. The number of benzene rings is 1.